The number of nitrogens with zero attached hydrogens (tertiary/aromatic N) is 4. The van der Waals surface area contributed by atoms with Crippen LogP contribution in [0.5, 0.6) is 0 Å². The van der Waals surface area contributed by atoms with Crippen molar-refractivity contribution in [2.75, 3.05) is 44.2 Å². The molecule has 0 spiro atoms. The quantitative estimate of drug-likeness (QED) is 0.864. The fraction of sp³-hybridized carbons (Fsp3) is 0.412. The minimum atomic E-state index is -0.484. The van der Waals surface area contributed by atoms with Crippen molar-refractivity contribution in [2.45, 2.75) is 6.42 Å². The molecular formula is C17H19N5O3S. The molecule has 0 saturated carbocycles. The maximum absolute atomic E-state index is 12.5. The molecular weight excluding hydrogens is 354 g/mol. The Hall–Kier alpha value is -2.68. The molecule has 4 amide bonds. The standard InChI is InChI=1S/C17H19N5O3S/c23-14-5-6-18-16(25)22(14)11-15(24)20-7-9-21(10-8-20)17-19-12-3-1-2-4-13(12)26-17/h1-4H,5-11H2,(H,18,25). The predicted octanol–water partition coefficient (Wildman–Crippen LogP) is 0.887. The third-order valence-electron chi connectivity index (χ3n) is 4.64. The number of urea groups is 1. The maximum atomic E-state index is 12.5. The van der Waals surface area contributed by atoms with Gasteiger partial charge in [-0.05, 0) is 12.1 Å². The van der Waals surface area contributed by atoms with Gasteiger partial charge in [-0.25, -0.2) is 9.78 Å². The van der Waals surface area contributed by atoms with E-state index in [0.717, 1.165) is 20.2 Å². The van der Waals surface area contributed by atoms with E-state index in [1.165, 1.54) is 0 Å². The molecule has 136 valence electrons. The van der Waals surface area contributed by atoms with Gasteiger partial charge in [0.2, 0.25) is 11.8 Å². The van der Waals surface area contributed by atoms with E-state index in [-0.39, 0.29) is 24.8 Å². The third kappa shape index (κ3) is 3.22. The number of para-hydroxylation sites is 1. The van der Waals surface area contributed by atoms with Crippen LogP contribution in [0.2, 0.25) is 0 Å². The second kappa shape index (κ2) is 6.91. The summed E-state index contributed by atoms with van der Waals surface area (Å²) in [6.45, 7) is 2.63. The van der Waals surface area contributed by atoms with Crippen LogP contribution in [-0.4, -0.2) is 71.9 Å². The molecule has 2 aliphatic rings. The minimum Gasteiger partial charge on any atom is -0.345 e. The van der Waals surface area contributed by atoms with Crippen molar-refractivity contribution >= 4 is 44.5 Å². The molecule has 0 bridgehead atoms. The van der Waals surface area contributed by atoms with Crippen molar-refractivity contribution < 1.29 is 14.4 Å². The van der Waals surface area contributed by atoms with E-state index in [9.17, 15) is 14.4 Å². The molecule has 1 aromatic heterocycles. The molecule has 0 unspecified atom stereocenters. The molecule has 2 fully saturated rings. The molecule has 2 saturated heterocycles. The summed E-state index contributed by atoms with van der Waals surface area (Å²) in [5, 5.41) is 3.55. The monoisotopic (exact) mass is 373 g/mol. The fourth-order valence-electron chi connectivity index (χ4n) is 3.16. The number of carbonyl (C=O) groups excluding carboxylic acids is 3. The number of thiazole rings is 1. The first kappa shape index (κ1) is 16.8. The first-order valence-electron chi connectivity index (χ1n) is 8.58. The summed E-state index contributed by atoms with van der Waals surface area (Å²) in [7, 11) is 0. The smallest absolute Gasteiger partial charge is 0.324 e. The highest BCUT2D eigenvalue weighted by Gasteiger charge is 2.30. The van der Waals surface area contributed by atoms with Crippen LogP contribution in [0.1, 0.15) is 6.42 Å². The van der Waals surface area contributed by atoms with Gasteiger partial charge < -0.3 is 15.1 Å². The number of anilines is 1. The van der Waals surface area contributed by atoms with Gasteiger partial charge in [0.15, 0.2) is 5.13 Å². The van der Waals surface area contributed by atoms with Crippen LogP contribution in [0.4, 0.5) is 9.93 Å². The second-order valence-electron chi connectivity index (χ2n) is 6.29. The molecule has 2 aromatic rings. The van der Waals surface area contributed by atoms with Gasteiger partial charge in [-0.1, -0.05) is 23.5 Å². The Bertz CT molecular complexity index is 810. The lowest BCUT2D eigenvalue weighted by molar-refractivity contribution is -0.138. The summed E-state index contributed by atoms with van der Waals surface area (Å²) in [6.07, 6.45) is 0.240. The van der Waals surface area contributed by atoms with E-state index >= 15 is 0 Å². The number of hydrogen-bond acceptors (Lipinski definition) is 6. The van der Waals surface area contributed by atoms with Gasteiger partial charge in [-0.2, -0.15) is 0 Å². The number of imide groups is 1. The van der Waals surface area contributed by atoms with Crippen LogP contribution >= 0.6 is 11.3 Å². The molecule has 2 aliphatic heterocycles. The van der Waals surface area contributed by atoms with E-state index in [1.54, 1.807) is 16.2 Å². The zero-order chi connectivity index (χ0) is 18.1. The topological polar surface area (TPSA) is 85.8 Å². The van der Waals surface area contributed by atoms with Gasteiger partial charge in [0.25, 0.3) is 0 Å². The number of hydrogen-bond donors (Lipinski definition) is 1. The van der Waals surface area contributed by atoms with Crippen molar-refractivity contribution in [3.63, 3.8) is 0 Å². The summed E-state index contributed by atoms with van der Waals surface area (Å²) in [6, 6.07) is 7.54. The van der Waals surface area contributed by atoms with Crippen LogP contribution in [0.15, 0.2) is 24.3 Å². The molecule has 9 heteroatoms. The molecule has 1 N–H and O–H groups in total. The van der Waals surface area contributed by atoms with Gasteiger partial charge in [-0.3, -0.25) is 14.5 Å². The molecule has 8 nitrogen and oxygen atoms in total. The molecule has 0 radical (unpaired) electrons. The largest absolute Gasteiger partial charge is 0.345 e. The van der Waals surface area contributed by atoms with Crippen molar-refractivity contribution in [3.05, 3.63) is 24.3 Å². The summed E-state index contributed by atoms with van der Waals surface area (Å²) in [5.41, 5.74) is 0.987. The average molecular weight is 373 g/mol. The summed E-state index contributed by atoms with van der Waals surface area (Å²) in [4.78, 5) is 45.6. The lowest BCUT2D eigenvalue weighted by atomic mass is 10.2. The highest BCUT2D eigenvalue weighted by atomic mass is 32.1. The normalized spacial score (nSPS) is 18.4. The number of benzene rings is 1. The van der Waals surface area contributed by atoms with Crippen LogP contribution in [0.3, 0.4) is 0 Å². The van der Waals surface area contributed by atoms with E-state index < -0.39 is 6.03 Å². The predicted molar refractivity (Wildman–Crippen MR) is 98.1 cm³/mol. The lowest BCUT2D eigenvalue weighted by Crippen LogP contribution is -2.56. The number of amides is 4. The summed E-state index contributed by atoms with van der Waals surface area (Å²) in [5.74, 6) is -0.491. The number of carbonyl (C=O) groups is 3. The van der Waals surface area contributed by atoms with Gasteiger partial charge in [0.05, 0.1) is 10.2 Å². The SMILES string of the molecule is O=C(CN1C(=O)CCNC1=O)N1CCN(c2nc3ccccc3s2)CC1. The van der Waals surface area contributed by atoms with Gasteiger partial charge in [0, 0.05) is 39.1 Å². The van der Waals surface area contributed by atoms with Crippen LogP contribution < -0.4 is 10.2 Å². The number of aromatic nitrogens is 1. The average Bonchev–Trinajstić information content (AvgIpc) is 3.09. The van der Waals surface area contributed by atoms with Crippen molar-refractivity contribution in [3.8, 4) is 0 Å². The molecule has 4 rings (SSSR count). The lowest BCUT2D eigenvalue weighted by Gasteiger charge is -2.35. The molecule has 1 aromatic carbocycles. The first-order chi connectivity index (χ1) is 12.6. The number of piperazine rings is 1. The van der Waals surface area contributed by atoms with Crippen LogP contribution in [-0.2, 0) is 9.59 Å². The van der Waals surface area contributed by atoms with Gasteiger partial charge in [-0.15, -0.1) is 0 Å². The van der Waals surface area contributed by atoms with E-state index in [4.69, 9.17) is 0 Å². The molecule has 0 aliphatic carbocycles. The fourth-order valence-corrected chi connectivity index (χ4v) is 4.17. The molecule has 0 atom stereocenters. The van der Waals surface area contributed by atoms with Crippen LogP contribution in [0.25, 0.3) is 10.2 Å². The number of fused-ring (bicyclic) bond motifs is 1. The minimum absolute atomic E-state index is 0.189. The van der Waals surface area contributed by atoms with Gasteiger partial charge >= 0.3 is 6.03 Å². The Morgan fingerprint density at radius 2 is 1.92 bits per heavy atom. The Balaban J connectivity index is 1.36. The number of nitrogens with one attached hydrogen (secondary N) is 1. The van der Waals surface area contributed by atoms with Crippen molar-refractivity contribution in [2.24, 2.45) is 0 Å². The Morgan fingerprint density at radius 1 is 1.15 bits per heavy atom. The van der Waals surface area contributed by atoms with Gasteiger partial charge in [0.1, 0.15) is 6.54 Å². The Morgan fingerprint density at radius 3 is 2.65 bits per heavy atom. The maximum Gasteiger partial charge on any atom is 0.324 e. The van der Waals surface area contributed by atoms with E-state index in [1.807, 2.05) is 18.2 Å². The molecule has 26 heavy (non-hydrogen) atoms. The second-order valence-corrected chi connectivity index (χ2v) is 7.30. The zero-order valence-electron chi connectivity index (χ0n) is 14.2. The van der Waals surface area contributed by atoms with E-state index in [0.29, 0.717) is 32.7 Å². The van der Waals surface area contributed by atoms with Crippen LogP contribution in [0, 0.1) is 0 Å². The summed E-state index contributed by atoms with van der Waals surface area (Å²) >= 11 is 1.65. The zero-order valence-corrected chi connectivity index (χ0v) is 15.0. The number of rotatable bonds is 3. The first-order valence-corrected chi connectivity index (χ1v) is 9.40. The van der Waals surface area contributed by atoms with E-state index in [2.05, 4.69) is 21.3 Å². The third-order valence-corrected chi connectivity index (χ3v) is 5.74. The van der Waals surface area contributed by atoms with Crippen molar-refractivity contribution in [1.29, 1.82) is 0 Å². The highest BCUT2D eigenvalue weighted by Crippen LogP contribution is 2.29. The molecule has 3 heterocycles. The Labute approximate surface area is 154 Å². The summed E-state index contributed by atoms with van der Waals surface area (Å²) < 4.78 is 1.15. The highest BCUT2D eigenvalue weighted by molar-refractivity contribution is 7.22. The Kier molecular flexibility index (Phi) is 4.46. The van der Waals surface area contributed by atoms with Crippen molar-refractivity contribution in [1.82, 2.24) is 20.1 Å².